The fourth-order valence-electron chi connectivity index (χ4n) is 1.24. The molecule has 0 aliphatic heterocycles. The van der Waals surface area contributed by atoms with Crippen LogP contribution in [-0.2, 0) is 0 Å². The van der Waals surface area contributed by atoms with Gasteiger partial charge in [0, 0.05) is 16.1 Å². The number of ether oxygens (including phenoxy) is 1. The summed E-state index contributed by atoms with van der Waals surface area (Å²) in [5.41, 5.74) is 6.37. The van der Waals surface area contributed by atoms with Crippen molar-refractivity contribution < 1.29 is 9.26 Å². The van der Waals surface area contributed by atoms with Crippen molar-refractivity contribution in [2.24, 2.45) is 0 Å². The van der Waals surface area contributed by atoms with Crippen molar-refractivity contribution in [2.45, 2.75) is 0 Å². The van der Waals surface area contributed by atoms with Crippen LogP contribution in [0.5, 0.6) is 5.75 Å². The summed E-state index contributed by atoms with van der Waals surface area (Å²) < 4.78 is 11.0. The quantitative estimate of drug-likeness (QED) is 0.910. The molecule has 0 radical (unpaired) electrons. The first kappa shape index (κ1) is 10.0. The van der Waals surface area contributed by atoms with Gasteiger partial charge in [0.1, 0.15) is 5.75 Å². The van der Waals surface area contributed by atoms with Crippen molar-refractivity contribution in [3.8, 4) is 17.1 Å². The maximum absolute atomic E-state index is 5.48. The molecule has 0 unspecified atom stereocenters. The van der Waals surface area contributed by atoms with E-state index in [0.29, 0.717) is 11.6 Å². The van der Waals surface area contributed by atoms with E-state index >= 15 is 0 Å². The average molecular weight is 269 g/mol. The summed E-state index contributed by atoms with van der Waals surface area (Å²) in [6.07, 6.45) is 0. The van der Waals surface area contributed by atoms with E-state index in [1.54, 1.807) is 13.2 Å². The molecule has 0 amide bonds. The minimum absolute atomic E-state index is 0.368. The van der Waals surface area contributed by atoms with E-state index in [0.717, 1.165) is 15.8 Å². The molecule has 1 aromatic carbocycles. The highest BCUT2D eigenvalue weighted by molar-refractivity contribution is 9.10. The van der Waals surface area contributed by atoms with Gasteiger partial charge in [-0.2, -0.15) is 0 Å². The van der Waals surface area contributed by atoms with Crippen molar-refractivity contribution in [1.82, 2.24) is 5.16 Å². The Morgan fingerprint density at radius 1 is 1.40 bits per heavy atom. The number of hydrogen-bond acceptors (Lipinski definition) is 4. The minimum Gasteiger partial charge on any atom is -0.497 e. The van der Waals surface area contributed by atoms with Crippen LogP contribution in [0.3, 0.4) is 0 Å². The first-order chi connectivity index (χ1) is 7.20. The summed E-state index contributed by atoms with van der Waals surface area (Å²) >= 11 is 3.43. The maximum Gasteiger partial charge on any atom is 0.170 e. The molecule has 0 spiro atoms. The van der Waals surface area contributed by atoms with Crippen LogP contribution >= 0.6 is 15.9 Å². The summed E-state index contributed by atoms with van der Waals surface area (Å²) in [6, 6.07) is 7.25. The molecular weight excluding hydrogens is 260 g/mol. The minimum atomic E-state index is 0.368. The van der Waals surface area contributed by atoms with Gasteiger partial charge in [0.25, 0.3) is 0 Å². The molecule has 0 aliphatic carbocycles. The Hall–Kier alpha value is -1.49. The molecule has 0 saturated heterocycles. The lowest BCUT2D eigenvalue weighted by Crippen LogP contribution is -1.84. The molecule has 2 aromatic rings. The molecular formula is C10H9BrN2O2. The number of nitrogens with two attached hydrogens (primary N) is 1. The van der Waals surface area contributed by atoms with Crippen LogP contribution in [0, 0.1) is 0 Å². The number of hydrogen-bond donors (Lipinski definition) is 1. The van der Waals surface area contributed by atoms with Gasteiger partial charge in [0.2, 0.25) is 0 Å². The summed E-state index contributed by atoms with van der Waals surface area (Å²) in [5.74, 6) is 1.77. The third-order valence-electron chi connectivity index (χ3n) is 1.97. The van der Waals surface area contributed by atoms with Crippen molar-refractivity contribution in [3.05, 3.63) is 28.7 Å². The molecule has 5 heteroatoms. The first-order valence-electron chi connectivity index (χ1n) is 4.27. The fraction of sp³-hybridized carbons (Fsp3) is 0.100. The predicted octanol–water partition coefficient (Wildman–Crippen LogP) is 2.69. The number of nitrogens with zero attached hydrogens (tertiary/aromatic N) is 1. The highest BCUT2D eigenvalue weighted by atomic mass is 79.9. The summed E-state index contributed by atoms with van der Waals surface area (Å²) in [4.78, 5) is 0. The zero-order valence-corrected chi connectivity index (χ0v) is 9.61. The van der Waals surface area contributed by atoms with Crippen molar-refractivity contribution in [1.29, 1.82) is 0 Å². The van der Waals surface area contributed by atoms with Crippen LogP contribution in [0.1, 0.15) is 0 Å². The van der Waals surface area contributed by atoms with E-state index in [9.17, 15) is 0 Å². The number of rotatable bonds is 2. The smallest absolute Gasteiger partial charge is 0.170 e. The molecule has 4 nitrogen and oxygen atoms in total. The molecule has 0 bridgehead atoms. The molecule has 0 aliphatic rings. The fourth-order valence-corrected chi connectivity index (χ4v) is 1.79. The Bertz CT molecular complexity index is 482. The van der Waals surface area contributed by atoms with Crippen molar-refractivity contribution >= 4 is 21.7 Å². The van der Waals surface area contributed by atoms with E-state index in [2.05, 4.69) is 21.1 Å². The van der Waals surface area contributed by atoms with Crippen LogP contribution in [0.2, 0.25) is 0 Å². The lowest BCUT2D eigenvalue weighted by atomic mass is 10.1. The lowest BCUT2D eigenvalue weighted by Gasteiger charge is -2.03. The summed E-state index contributed by atoms with van der Waals surface area (Å²) in [5, 5.41) is 3.63. The summed E-state index contributed by atoms with van der Waals surface area (Å²) in [7, 11) is 1.62. The number of anilines is 1. The Kier molecular flexibility index (Phi) is 2.64. The van der Waals surface area contributed by atoms with E-state index in [-0.39, 0.29) is 0 Å². The van der Waals surface area contributed by atoms with E-state index in [1.807, 2.05) is 18.2 Å². The normalized spacial score (nSPS) is 10.3. The largest absolute Gasteiger partial charge is 0.497 e. The van der Waals surface area contributed by atoms with Gasteiger partial charge < -0.3 is 15.0 Å². The predicted molar refractivity (Wildman–Crippen MR) is 60.6 cm³/mol. The zero-order valence-electron chi connectivity index (χ0n) is 8.03. The second-order valence-corrected chi connectivity index (χ2v) is 3.82. The van der Waals surface area contributed by atoms with E-state index < -0.39 is 0 Å². The second-order valence-electron chi connectivity index (χ2n) is 2.96. The highest BCUT2D eigenvalue weighted by Crippen LogP contribution is 2.32. The van der Waals surface area contributed by atoms with Crippen LogP contribution in [0.15, 0.2) is 33.3 Å². The van der Waals surface area contributed by atoms with Crippen LogP contribution in [0.4, 0.5) is 5.82 Å². The molecule has 1 aromatic heterocycles. The molecule has 15 heavy (non-hydrogen) atoms. The van der Waals surface area contributed by atoms with Gasteiger partial charge in [-0.1, -0.05) is 5.16 Å². The number of halogens is 1. The standard InChI is InChI=1S/C10H9BrN2O2/c1-14-6-2-3-7(8(11)4-6)9-5-10(12)13-15-9/h2-5H,1H3,(H2,12,13). The van der Waals surface area contributed by atoms with Gasteiger partial charge in [0.05, 0.1) is 7.11 Å². The average Bonchev–Trinajstić information content (AvgIpc) is 2.64. The van der Waals surface area contributed by atoms with Gasteiger partial charge in [0.15, 0.2) is 11.6 Å². The van der Waals surface area contributed by atoms with Gasteiger partial charge in [-0.3, -0.25) is 0 Å². The Morgan fingerprint density at radius 2 is 2.20 bits per heavy atom. The number of nitrogen functional groups attached to an aromatic ring is 1. The molecule has 0 fully saturated rings. The Balaban J connectivity index is 2.45. The molecule has 0 atom stereocenters. The van der Waals surface area contributed by atoms with Crippen LogP contribution in [-0.4, -0.2) is 12.3 Å². The first-order valence-corrected chi connectivity index (χ1v) is 5.06. The van der Waals surface area contributed by atoms with E-state index in [4.69, 9.17) is 15.0 Å². The Morgan fingerprint density at radius 3 is 2.73 bits per heavy atom. The molecule has 78 valence electrons. The number of methoxy groups -OCH3 is 1. The molecule has 2 rings (SSSR count). The molecule has 0 saturated carbocycles. The monoisotopic (exact) mass is 268 g/mol. The topological polar surface area (TPSA) is 61.3 Å². The Labute approximate surface area is 95.1 Å². The third kappa shape index (κ3) is 1.97. The van der Waals surface area contributed by atoms with Crippen LogP contribution in [0.25, 0.3) is 11.3 Å². The van der Waals surface area contributed by atoms with Crippen LogP contribution < -0.4 is 10.5 Å². The van der Waals surface area contributed by atoms with Gasteiger partial charge in [-0.15, -0.1) is 0 Å². The zero-order chi connectivity index (χ0) is 10.8. The number of aromatic nitrogens is 1. The lowest BCUT2D eigenvalue weighted by molar-refractivity contribution is 0.414. The van der Waals surface area contributed by atoms with Gasteiger partial charge >= 0.3 is 0 Å². The third-order valence-corrected chi connectivity index (χ3v) is 2.63. The molecule has 1 heterocycles. The summed E-state index contributed by atoms with van der Waals surface area (Å²) in [6.45, 7) is 0. The van der Waals surface area contributed by atoms with Gasteiger partial charge in [-0.25, -0.2) is 0 Å². The highest BCUT2D eigenvalue weighted by Gasteiger charge is 2.09. The maximum atomic E-state index is 5.48. The molecule has 2 N–H and O–H groups in total. The SMILES string of the molecule is COc1ccc(-c2cc(N)no2)c(Br)c1. The van der Waals surface area contributed by atoms with Crippen molar-refractivity contribution in [2.75, 3.05) is 12.8 Å². The second kappa shape index (κ2) is 3.94. The van der Waals surface area contributed by atoms with E-state index in [1.165, 1.54) is 0 Å². The number of benzene rings is 1. The van der Waals surface area contributed by atoms with Gasteiger partial charge in [-0.05, 0) is 34.1 Å². The van der Waals surface area contributed by atoms with Crippen molar-refractivity contribution in [3.63, 3.8) is 0 Å².